The van der Waals surface area contributed by atoms with Gasteiger partial charge in [-0.05, 0) is 42.0 Å². The number of benzene rings is 1. The maximum Gasteiger partial charge on any atom is 0.306 e. The number of carbonyl (C=O) groups excluding carboxylic acids is 2. The lowest BCUT2D eigenvalue weighted by atomic mass is 9.97. The number of hydrogen-bond acceptors (Lipinski definition) is 5. The number of pyridine rings is 1. The Hall–Kier alpha value is -3.03. The molecule has 0 saturated carbocycles. The molecule has 154 valence electrons. The van der Waals surface area contributed by atoms with Gasteiger partial charge in [0.05, 0.1) is 24.3 Å². The maximum absolute atomic E-state index is 13.9. The van der Waals surface area contributed by atoms with Gasteiger partial charge in [-0.15, -0.1) is 0 Å². The highest BCUT2D eigenvalue weighted by atomic mass is 19.1. The Morgan fingerprint density at radius 2 is 2.10 bits per heavy atom. The van der Waals surface area contributed by atoms with Gasteiger partial charge in [-0.25, -0.2) is 13.8 Å². The standard InChI is InChI=1S/C21H23F2N3O3/c1-12(2)15-9-19(26-18-4-3-14(22)8-17(18)23)24-11-16(15)21(28)25-10-13-5-6-29-20(27)7-13/h3-4,8-9,11-13H,5-7,10H2,1-2H3,(H,24,26)(H,25,28). The van der Waals surface area contributed by atoms with Crippen LogP contribution in [0.2, 0.25) is 0 Å². The summed E-state index contributed by atoms with van der Waals surface area (Å²) in [4.78, 5) is 28.2. The Balaban J connectivity index is 1.73. The predicted octanol–water partition coefficient (Wildman–Crippen LogP) is 3.91. The number of ether oxygens (including phenoxy) is 1. The van der Waals surface area contributed by atoms with Crippen molar-refractivity contribution in [1.82, 2.24) is 10.3 Å². The van der Waals surface area contributed by atoms with Crippen LogP contribution in [0.1, 0.15) is 48.5 Å². The normalized spacial score (nSPS) is 16.4. The van der Waals surface area contributed by atoms with Gasteiger partial charge < -0.3 is 15.4 Å². The Morgan fingerprint density at radius 3 is 2.79 bits per heavy atom. The van der Waals surface area contributed by atoms with Crippen LogP contribution in [0.3, 0.4) is 0 Å². The van der Waals surface area contributed by atoms with Gasteiger partial charge >= 0.3 is 5.97 Å². The molecule has 0 bridgehead atoms. The summed E-state index contributed by atoms with van der Waals surface area (Å²) >= 11 is 0. The second-order valence-corrected chi connectivity index (χ2v) is 7.35. The van der Waals surface area contributed by atoms with E-state index in [-0.39, 0.29) is 29.4 Å². The first-order valence-electron chi connectivity index (χ1n) is 9.49. The van der Waals surface area contributed by atoms with Gasteiger partial charge in [-0.3, -0.25) is 9.59 Å². The minimum absolute atomic E-state index is 0.0158. The molecule has 29 heavy (non-hydrogen) atoms. The molecule has 1 fully saturated rings. The fourth-order valence-electron chi connectivity index (χ4n) is 3.18. The summed E-state index contributed by atoms with van der Waals surface area (Å²) in [5, 5.41) is 5.67. The fourth-order valence-corrected chi connectivity index (χ4v) is 3.18. The van der Waals surface area contributed by atoms with E-state index in [4.69, 9.17) is 4.74 Å². The van der Waals surface area contributed by atoms with Crippen LogP contribution in [0.15, 0.2) is 30.5 Å². The largest absolute Gasteiger partial charge is 0.466 e. The maximum atomic E-state index is 13.9. The highest BCUT2D eigenvalue weighted by Crippen LogP contribution is 2.25. The van der Waals surface area contributed by atoms with Crippen LogP contribution in [0.25, 0.3) is 0 Å². The molecular formula is C21H23F2N3O3. The number of rotatable bonds is 6. The molecule has 0 spiro atoms. The summed E-state index contributed by atoms with van der Waals surface area (Å²) in [6.07, 6.45) is 2.44. The molecule has 1 atom stereocenters. The molecule has 1 aliphatic rings. The van der Waals surface area contributed by atoms with Crippen molar-refractivity contribution >= 4 is 23.4 Å². The Morgan fingerprint density at radius 1 is 1.31 bits per heavy atom. The Labute approximate surface area is 167 Å². The van der Waals surface area contributed by atoms with Gasteiger partial charge in [0.1, 0.15) is 17.5 Å². The SMILES string of the molecule is CC(C)c1cc(Nc2ccc(F)cc2F)ncc1C(=O)NCC1CCOC(=O)C1. The van der Waals surface area contributed by atoms with Crippen molar-refractivity contribution in [1.29, 1.82) is 0 Å². The topological polar surface area (TPSA) is 80.3 Å². The summed E-state index contributed by atoms with van der Waals surface area (Å²) in [6.45, 7) is 4.63. The third-order valence-electron chi connectivity index (χ3n) is 4.79. The van der Waals surface area contributed by atoms with Crippen molar-refractivity contribution in [2.45, 2.75) is 32.6 Å². The van der Waals surface area contributed by atoms with Crippen LogP contribution < -0.4 is 10.6 Å². The van der Waals surface area contributed by atoms with E-state index in [1.54, 1.807) is 6.07 Å². The number of nitrogens with one attached hydrogen (secondary N) is 2. The van der Waals surface area contributed by atoms with Gasteiger partial charge in [0.15, 0.2) is 0 Å². The third-order valence-corrected chi connectivity index (χ3v) is 4.79. The van der Waals surface area contributed by atoms with E-state index in [2.05, 4.69) is 15.6 Å². The molecule has 6 nitrogen and oxygen atoms in total. The number of carbonyl (C=O) groups is 2. The molecule has 2 heterocycles. The van der Waals surface area contributed by atoms with E-state index in [0.29, 0.717) is 37.4 Å². The van der Waals surface area contributed by atoms with E-state index in [9.17, 15) is 18.4 Å². The van der Waals surface area contributed by atoms with Gasteiger partial charge in [0, 0.05) is 18.8 Å². The van der Waals surface area contributed by atoms with Gasteiger partial charge in [-0.1, -0.05) is 13.8 Å². The summed E-state index contributed by atoms with van der Waals surface area (Å²) in [5.41, 5.74) is 1.25. The van der Waals surface area contributed by atoms with E-state index in [1.165, 1.54) is 12.3 Å². The minimum Gasteiger partial charge on any atom is -0.466 e. The molecule has 8 heteroatoms. The molecule has 1 amide bonds. The number of aromatic nitrogens is 1. The quantitative estimate of drug-likeness (QED) is 0.715. The molecule has 0 aliphatic carbocycles. The first-order valence-corrected chi connectivity index (χ1v) is 9.49. The van der Waals surface area contributed by atoms with Crippen molar-refractivity contribution in [3.8, 4) is 0 Å². The van der Waals surface area contributed by atoms with Gasteiger partial charge in [0.2, 0.25) is 0 Å². The number of cyclic esters (lactones) is 1. The van der Waals surface area contributed by atoms with Crippen LogP contribution in [0.4, 0.5) is 20.3 Å². The number of amides is 1. The van der Waals surface area contributed by atoms with Gasteiger partial charge in [0.25, 0.3) is 5.91 Å². The smallest absolute Gasteiger partial charge is 0.306 e. The molecule has 0 radical (unpaired) electrons. The summed E-state index contributed by atoms with van der Waals surface area (Å²) in [5.74, 6) is -1.50. The van der Waals surface area contributed by atoms with Crippen LogP contribution in [0.5, 0.6) is 0 Å². The number of esters is 1. The average Bonchev–Trinajstić information content (AvgIpc) is 2.68. The van der Waals surface area contributed by atoms with Crippen molar-refractivity contribution in [3.05, 3.63) is 53.2 Å². The highest BCUT2D eigenvalue weighted by Gasteiger charge is 2.22. The van der Waals surface area contributed by atoms with Crippen LogP contribution in [-0.2, 0) is 9.53 Å². The number of hydrogen-bond donors (Lipinski definition) is 2. The van der Waals surface area contributed by atoms with Crippen LogP contribution >= 0.6 is 0 Å². The van der Waals surface area contributed by atoms with Crippen LogP contribution in [0, 0.1) is 17.6 Å². The van der Waals surface area contributed by atoms with E-state index < -0.39 is 11.6 Å². The summed E-state index contributed by atoms with van der Waals surface area (Å²) in [6, 6.07) is 4.91. The molecule has 2 N–H and O–H groups in total. The molecule has 2 aromatic rings. The lowest BCUT2D eigenvalue weighted by Crippen LogP contribution is -2.34. The first kappa shape index (κ1) is 20.7. The van der Waals surface area contributed by atoms with Crippen molar-refractivity contribution in [2.75, 3.05) is 18.5 Å². The summed E-state index contributed by atoms with van der Waals surface area (Å²) < 4.78 is 31.9. The number of halogens is 2. The predicted molar refractivity (Wildman–Crippen MR) is 104 cm³/mol. The molecule has 1 saturated heterocycles. The Kier molecular flexibility index (Phi) is 6.41. The van der Waals surface area contributed by atoms with E-state index in [1.807, 2.05) is 13.8 Å². The zero-order valence-electron chi connectivity index (χ0n) is 16.3. The summed E-state index contributed by atoms with van der Waals surface area (Å²) in [7, 11) is 0. The number of anilines is 2. The first-order chi connectivity index (χ1) is 13.8. The Bertz CT molecular complexity index is 918. The zero-order valence-corrected chi connectivity index (χ0v) is 16.3. The second kappa shape index (κ2) is 8.98. The minimum atomic E-state index is -0.731. The highest BCUT2D eigenvalue weighted by molar-refractivity contribution is 5.96. The van der Waals surface area contributed by atoms with Crippen molar-refractivity contribution in [2.24, 2.45) is 5.92 Å². The van der Waals surface area contributed by atoms with Crippen LogP contribution in [-0.4, -0.2) is 30.0 Å². The molecule has 1 aromatic heterocycles. The second-order valence-electron chi connectivity index (χ2n) is 7.35. The molecule has 1 aliphatic heterocycles. The lowest BCUT2D eigenvalue weighted by molar-refractivity contribution is -0.149. The number of nitrogens with zero attached hydrogens (tertiary/aromatic N) is 1. The third kappa shape index (κ3) is 5.28. The zero-order chi connectivity index (χ0) is 21.0. The fraction of sp³-hybridized carbons (Fsp3) is 0.381. The van der Waals surface area contributed by atoms with Crippen molar-refractivity contribution in [3.63, 3.8) is 0 Å². The average molecular weight is 403 g/mol. The van der Waals surface area contributed by atoms with E-state index in [0.717, 1.165) is 17.7 Å². The lowest BCUT2D eigenvalue weighted by Gasteiger charge is -2.22. The molecular weight excluding hydrogens is 380 g/mol. The monoisotopic (exact) mass is 403 g/mol. The molecule has 3 rings (SSSR count). The molecule has 1 unspecified atom stereocenters. The molecule has 1 aromatic carbocycles. The van der Waals surface area contributed by atoms with Crippen molar-refractivity contribution < 1.29 is 23.1 Å². The van der Waals surface area contributed by atoms with Gasteiger partial charge in [-0.2, -0.15) is 0 Å². The van der Waals surface area contributed by atoms with E-state index >= 15 is 0 Å².